The van der Waals surface area contributed by atoms with E-state index in [-0.39, 0.29) is 42.2 Å². The Balaban J connectivity index is 0.00000225. The van der Waals surface area contributed by atoms with Crippen molar-refractivity contribution in [1.29, 1.82) is 0 Å². The fourth-order valence-corrected chi connectivity index (χ4v) is 3.30. The van der Waals surface area contributed by atoms with Crippen molar-refractivity contribution < 1.29 is 4.39 Å². The van der Waals surface area contributed by atoms with E-state index in [1.54, 1.807) is 12.1 Å². The topological polar surface area (TPSA) is 33.1 Å². The molecule has 1 N–H and O–H groups in total. The van der Waals surface area contributed by atoms with Gasteiger partial charge >= 0.3 is 0 Å². The first-order chi connectivity index (χ1) is 11.5. The summed E-state index contributed by atoms with van der Waals surface area (Å²) in [6.07, 6.45) is 4.27. The van der Waals surface area contributed by atoms with E-state index in [1.807, 2.05) is 0 Å². The molecule has 0 saturated carbocycles. The predicted octanol–water partition coefficient (Wildman–Crippen LogP) is 4.64. The van der Waals surface area contributed by atoms with Gasteiger partial charge in [0.25, 0.3) is 0 Å². The van der Waals surface area contributed by atoms with E-state index >= 15 is 0 Å². The number of benzene rings is 1. The number of nitrogens with zero attached hydrogens (tertiary/aromatic N) is 3. The first-order valence-electron chi connectivity index (χ1n) is 8.42. The van der Waals surface area contributed by atoms with Crippen molar-refractivity contribution in [1.82, 2.24) is 19.8 Å². The first-order valence-corrected chi connectivity index (χ1v) is 8.80. The molecule has 1 aromatic carbocycles. The van der Waals surface area contributed by atoms with Gasteiger partial charge in [-0.15, -0.1) is 37.2 Å². The third-order valence-electron chi connectivity index (χ3n) is 4.52. The largest absolute Gasteiger partial charge is 0.333 e. The molecule has 0 unspecified atom stereocenters. The number of imidazole rings is 1. The summed E-state index contributed by atoms with van der Waals surface area (Å²) in [4.78, 5) is 7.06. The summed E-state index contributed by atoms with van der Waals surface area (Å²) in [6, 6.07) is 4.80. The van der Waals surface area contributed by atoms with Crippen LogP contribution in [0, 0.1) is 5.82 Å². The zero-order valence-electron chi connectivity index (χ0n) is 15.5. The van der Waals surface area contributed by atoms with E-state index in [9.17, 15) is 4.39 Å². The lowest BCUT2D eigenvalue weighted by Crippen LogP contribution is -2.28. The maximum Gasteiger partial charge on any atom is 0.141 e. The van der Waals surface area contributed by atoms with Crippen molar-refractivity contribution in [3.63, 3.8) is 0 Å². The summed E-state index contributed by atoms with van der Waals surface area (Å²) in [5, 5.41) is 3.54. The van der Waals surface area contributed by atoms with Crippen molar-refractivity contribution in [2.24, 2.45) is 0 Å². The number of rotatable bonds is 5. The summed E-state index contributed by atoms with van der Waals surface area (Å²) in [5.41, 5.74) is 1.73. The smallest absolute Gasteiger partial charge is 0.141 e. The van der Waals surface area contributed by atoms with Crippen molar-refractivity contribution >= 4 is 48.8 Å². The number of nitrogens with one attached hydrogen (secondary N) is 1. The lowest BCUT2D eigenvalue weighted by molar-refractivity contribution is 0.369. The first kappa shape index (κ1) is 26.4. The Labute approximate surface area is 184 Å². The second kappa shape index (κ2) is 12.1. The molecule has 1 aliphatic rings. The van der Waals surface area contributed by atoms with E-state index < -0.39 is 5.82 Å². The summed E-state index contributed by atoms with van der Waals surface area (Å²) < 4.78 is 15.7. The molecule has 0 spiro atoms. The Morgan fingerprint density at radius 2 is 1.89 bits per heavy atom. The SMILES string of the molecule is CN(C)CCn1cc(-c2ccc(F)c(Cl)c2)nc1C1CCNCC1.Cl.Cl.Cl. The lowest BCUT2D eigenvalue weighted by atomic mass is 9.97. The molecule has 154 valence electrons. The summed E-state index contributed by atoms with van der Waals surface area (Å²) >= 11 is 5.94. The average Bonchev–Trinajstić information content (AvgIpc) is 3.00. The Morgan fingerprint density at radius 1 is 1.22 bits per heavy atom. The van der Waals surface area contributed by atoms with Gasteiger partial charge in [-0.25, -0.2) is 9.37 Å². The third kappa shape index (κ3) is 6.77. The van der Waals surface area contributed by atoms with Crippen molar-refractivity contribution in [2.75, 3.05) is 33.7 Å². The zero-order valence-corrected chi connectivity index (χ0v) is 18.7. The Kier molecular flexibility index (Phi) is 11.8. The van der Waals surface area contributed by atoms with Crippen LogP contribution in [0.15, 0.2) is 24.4 Å². The average molecular weight is 460 g/mol. The van der Waals surface area contributed by atoms with E-state index in [0.717, 1.165) is 56.1 Å². The number of hydrogen-bond donors (Lipinski definition) is 1. The highest BCUT2D eigenvalue weighted by Gasteiger charge is 2.22. The van der Waals surface area contributed by atoms with Crippen LogP contribution in [0.3, 0.4) is 0 Å². The molecule has 9 heteroatoms. The van der Waals surface area contributed by atoms with Crippen LogP contribution < -0.4 is 5.32 Å². The molecule has 0 aliphatic carbocycles. The molecule has 0 radical (unpaired) electrons. The van der Waals surface area contributed by atoms with Gasteiger partial charge in [-0.05, 0) is 58.2 Å². The van der Waals surface area contributed by atoms with E-state index in [0.29, 0.717) is 5.92 Å². The van der Waals surface area contributed by atoms with Crippen LogP contribution in [0.2, 0.25) is 5.02 Å². The minimum absolute atomic E-state index is 0. The van der Waals surface area contributed by atoms with Crippen LogP contribution in [-0.4, -0.2) is 48.2 Å². The minimum atomic E-state index is -0.397. The fourth-order valence-electron chi connectivity index (χ4n) is 3.12. The molecule has 2 heterocycles. The van der Waals surface area contributed by atoms with E-state index in [2.05, 4.69) is 35.1 Å². The van der Waals surface area contributed by atoms with Crippen LogP contribution in [0.4, 0.5) is 4.39 Å². The molecule has 0 bridgehead atoms. The molecule has 1 fully saturated rings. The Hall–Kier alpha value is -0.560. The lowest BCUT2D eigenvalue weighted by Gasteiger charge is -2.23. The van der Waals surface area contributed by atoms with Gasteiger partial charge in [0, 0.05) is 30.8 Å². The molecule has 27 heavy (non-hydrogen) atoms. The molecule has 1 aromatic heterocycles. The van der Waals surface area contributed by atoms with Gasteiger partial charge in [-0.1, -0.05) is 11.6 Å². The van der Waals surface area contributed by atoms with Crippen molar-refractivity contribution in [2.45, 2.75) is 25.3 Å². The van der Waals surface area contributed by atoms with Crippen molar-refractivity contribution in [3.8, 4) is 11.3 Å². The molecule has 0 atom stereocenters. The van der Waals surface area contributed by atoms with Gasteiger partial charge in [0.15, 0.2) is 0 Å². The molecule has 3 rings (SSSR count). The zero-order chi connectivity index (χ0) is 17.1. The van der Waals surface area contributed by atoms with Gasteiger partial charge in [0.05, 0.1) is 10.7 Å². The highest BCUT2D eigenvalue weighted by molar-refractivity contribution is 6.31. The van der Waals surface area contributed by atoms with E-state index in [1.165, 1.54) is 6.07 Å². The summed E-state index contributed by atoms with van der Waals surface area (Å²) in [7, 11) is 4.14. The standard InChI is InChI=1S/C18H24ClFN4.3ClH/c1-23(2)9-10-24-12-17(14-3-4-16(20)15(19)11-14)22-18(24)13-5-7-21-8-6-13;;;/h3-4,11-13,21H,5-10H2,1-2H3;3*1H. The number of likely N-dealkylation sites (N-methyl/N-ethyl adjacent to an activating group) is 1. The monoisotopic (exact) mass is 458 g/mol. The van der Waals surface area contributed by atoms with Gasteiger partial charge in [-0.3, -0.25) is 0 Å². The summed E-state index contributed by atoms with van der Waals surface area (Å²) in [5.74, 6) is 1.21. The predicted molar refractivity (Wildman–Crippen MR) is 118 cm³/mol. The molecule has 4 nitrogen and oxygen atoms in total. The van der Waals surface area contributed by atoms with Crippen LogP contribution >= 0.6 is 48.8 Å². The molecular formula is C18H27Cl4FN4. The van der Waals surface area contributed by atoms with Gasteiger partial charge in [-0.2, -0.15) is 0 Å². The van der Waals surface area contributed by atoms with Crippen molar-refractivity contribution in [3.05, 3.63) is 41.1 Å². The second-order valence-electron chi connectivity index (χ2n) is 6.63. The fraction of sp³-hybridized carbons (Fsp3) is 0.500. The van der Waals surface area contributed by atoms with Crippen LogP contribution in [0.1, 0.15) is 24.6 Å². The van der Waals surface area contributed by atoms with Crippen LogP contribution in [0.5, 0.6) is 0 Å². The number of halogens is 5. The number of piperidine rings is 1. The molecule has 0 amide bonds. The number of aromatic nitrogens is 2. The normalized spacial score (nSPS) is 14.3. The molecule has 2 aromatic rings. The third-order valence-corrected chi connectivity index (χ3v) is 4.80. The quantitative estimate of drug-likeness (QED) is 0.707. The maximum absolute atomic E-state index is 13.4. The molecule has 1 aliphatic heterocycles. The Morgan fingerprint density at radius 3 is 2.48 bits per heavy atom. The maximum atomic E-state index is 13.4. The Bertz CT molecular complexity index is 703. The van der Waals surface area contributed by atoms with Crippen LogP contribution in [-0.2, 0) is 6.54 Å². The molecular weight excluding hydrogens is 433 g/mol. The van der Waals surface area contributed by atoms with Crippen LogP contribution in [0.25, 0.3) is 11.3 Å². The van der Waals surface area contributed by atoms with Gasteiger partial charge in [0.1, 0.15) is 11.6 Å². The highest BCUT2D eigenvalue weighted by atomic mass is 35.5. The highest BCUT2D eigenvalue weighted by Crippen LogP contribution is 2.29. The minimum Gasteiger partial charge on any atom is -0.333 e. The second-order valence-corrected chi connectivity index (χ2v) is 7.04. The van der Waals surface area contributed by atoms with Gasteiger partial charge in [0.2, 0.25) is 0 Å². The number of hydrogen-bond acceptors (Lipinski definition) is 3. The van der Waals surface area contributed by atoms with Gasteiger partial charge < -0.3 is 14.8 Å². The van der Waals surface area contributed by atoms with E-state index in [4.69, 9.17) is 16.6 Å². The molecule has 1 saturated heterocycles. The summed E-state index contributed by atoms with van der Waals surface area (Å²) in [6.45, 7) is 3.91.